The lowest BCUT2D eigenvalue weighted by Crippen LogP contribution is -2.46. The van der Waals surface area contributed by atoms with Crippen LogP contribution in [0.25, 0.3) is 6.08 Å². The first-order valence-corrected chi connectivity index (χ1v) is 9.80. The number of nitrogens with one attached hydrogen (secondary N) is 1. The lowest BCUT2D eigenvalue weighted by Gasteiger charge is -2.32. The summed E-state index contributed by atoms with van der Waals surface area (Å²) in [5, 5.41) is 3.50. The van der Waals surface area contributed by atoms with Gasteiger partial charge in [-0.05, 0) is 44.4 Å². The molecule has 1 saturated heterocycles. The third-order valence-electron chi connectivity index (χ3n) is 4.76. The molecule has 28 heavy (non-hydrogen) atoms. The van der Waals surface area contributed by atoms with Crippen LogP contribution in [0.1, 0.15) is 32.3 Å². The summed E-state index contributed by atoms with van der Waals surface area (Å²) < 4.78 is 4.61. The van der Waals surface area contributed by atoms with E-state index in [9.17, 15) is 14.4 Å². The molecule has 0 unspecified atom stereocenters. The standard InChI is InChI=1S/C20H24Cl2N2O4/c1-12(11-15-5-4-6-16(21)17(15)22)19(26)24-9-7-14(8-10-24)18(25)23-13(2)20(27)28-3/h4-6,11,13-14H,7-10H2,1-3H3,(H,23,25)/b12-11+/t13-/m0/s1. The third kappa shape index (κ3) is 5.49. The molecule has 1 N–H and O–H groups in total. The number of carbonyl (C=O) groups is 3. The lowest BCUT2D eigenvalue weighted by molar-refractivity contribution is -0.145. The average molecular weight is 427 g/mol. The summed E-state index contributed by atoms with van der Waals surface area (Å²) in [4.78, 5) is 38.1. The fourth-order valence-electron chi connectivity index (χ4n) is 3.09. The minimum Gasteiger partial charge on any atom is -0.467 e. The Balaban J connectivity index is 1.94. The molecule has 0 saturated carbocycles. The summed E-state index contributed by atoms with van der Waals surface area (Å²) in [6.45, 7) is 4.25. The van der Waals surface area contributed by atoms with Crippen LogP contribution in [0.2, 0.25) is 10.0 Å². The maximum absolute atomic E-state index is 12.7. The Bertz CT molecular complexity index is 786. The minimum absolute atomic E-state index is 0.0992. The van der Waals surface area contributed by atoms with E-state index in [0.29, 0.717) is 47.1 Å². The number of rotatable bonds is 5. The van der Waals surface area contributed by atoms with E-state index >= 15 is 0 Å². The van der Waals surface area contributed by atoms with Crippen molar-refractivity contribution in [1.29, 1.82) is 0 Å². The van der Waals surface area contributed by atoms with Crippen molar-refractivity contribution in [2.24, 2.45) is 5.92 Å². The molecule has 2 amide bonds. The second-order valence-corrected chi connectivity index (χ2v) is 7.58. The number of hydrogen-bond donors (Lipinski definition) is 1. The molecule has 0 spiro atoms. The molecule has 1 aromatic rings. The minimum atomic E-state index is -0.690. The van der Waals surface area contributed by atoms with Crippen LogP contribution in [0.4, 0.5) is 0 Å². The predicted molar refractivity (Wildman–Crippen MR) is 109 cm³/mol. The summed E-state index contributed by atoms with van der Waals surface area (Å²) >= 11 is 12.2. The molecule has 1 aliphatic heterocycles. The number of piperidine rings is 1. The van der Waals surface area contributed by atoms with Gasteiger partial charge in [0.25, 0.3) is 0 Å². The first kappa shape index (κ1) is 22.2. The zero-order valence-electron chi connectivity index (χ0n) is 16.1. The van der Waals surface area contributed by atoms with E-state index in [4.69, 9.17) is 23.2 Å². The van der Waals surface area contributed by atoms with Gasteiger partial charge < -0.3 is 15.0 Å². The number of esters is 1. The summed E-state index contributed by atoms with van der Waals surface area (Å²) in [5.41, 5.74) is 1.23. The highest BCUT2D eigenvalue weighted by Gasteiger charge is 2.29. The molecule has 152 valence electrons. The number of nitrogens with zero attached hydrogens (tertiary/aromatic N) is 1. The Morgan fingerprint density at radius 1 is 1.25 bits per heavy atom. The normalized spacial score (nSPS) is 16.5. The molecule has 0 radical (unpaired) electrons. The van der Waals surface area contributed by atoms with Crippen molar-refractivity contribution in [1.82, 2.24) is 10.2 Å². The number of carbonyl (C=O) groups excluding carboxylic acids is 3. The maximum Gasteiger partial charge on any atom is 0.328 e. The van der Waals surface area contributed by atoms with Gasteiger partial charge in [-0.25, -0.2) is 4.79 Å². The fourth-order valence-corrected chi connectivity index (χ4v) is 3.45. The van der Waals surface area contributed by atoms with Gasteiger partial charge in [0.15, 0.2) is 0 Å². The first-order valence-electron chi connectivity index (χ1n) is 9.04. The SMILES string of the molecule is COC(=O)[C@H](C)NC(=O)C1CCN(C(=O)/C(C)=C/c2cccc(Cl)c2Cl)CC1. The summed E-state index contributed by atoms with van der Waals surface area (Å²) in [6.07, 6.45) is 2.79. The molecule has 0 aliphatic carbocycles. The van der Waals surface area contributed by atoms with Gasteiger partial charge in [-0.15, -0.1) is 0 Å². The third-order valence-corrected chi connectivity index (χ3v) is 5.59. The van der Waals surface area contributed by atoms with Gasteiger partial charge in [-0.1, -0.05) is 35.3 Å². The van der Waals surface area contributed by atoms with Crippen LogP contribution in [0.3, 0.4) is 0 Å². The highest BCUT2D eigenvalue weighted by atomic mass is 35.5. The van der Waals surface area contributed by atoms with Crippen molar-refractivity contribution >= 4 is 47.1 Å². The molecule has 1 atom stereocenters. The van der Waals surface area contributed by atoms with Gasteiger partial charge in [-0.3, -0.25) is 9.59 Å². The van der Waals surface area contributed by atoms with Gasteiger partial charge >= 0.3 is 5.97 Å². The molecule has 6 nitrogen and oxygen atoms in total. The molecule has 0 aromatic heterocycles. The summed E-state index contributed by atoms with van der Waals surface area (Å²) in [5.74, 6) is -1.01. The summed E-state index contributed by atoms with van der Waals surface area (Å²) in [6, 6.07) is 4.57. The van der Waals surface area contributed by atoms with Crippen LogP contribution in [-0.4, -0.2) is 48.9 Å². The molecule has 1 aliphatic rings. The molecule has 1 heterocycles. The maximum atomic E-state index is 12.7. The molecular formula is C20H24Cl2N2O4. The first-order chi connectivity index (χ1) is 13.2. The molecule has 0 bridgehead atoms. The Hall–Kier alpha value is -2.05. The number of halogens is 2. The van der Waals surface area contributed by atoms with Crippen LogP contribution < -0.4 is 5.32 Å². The second kappa shape index (κ2) is 9.94. The second-order valence-electron chi connectivity index (χ2n) is 6.79. The van der Waals surface area contributed by atoms with E-state index in [-0.39, 0.29) is 17.7 Å². The van der Waals surface area contributed by atoms with E-state index in [1.54, 1.807) is 43.0 Å². The van der Waals surface area contributed by atoms with Crippen LogP contribution >= 0.6 is 23.2 Å². The van der Waals surface area contributed by atoms with E-state index in [0.717, 1.165) is 0 Å². The van der Waals surface area contributed by atoms with E-state index < -0.39 is 12.0 Å². The van der Waals surface area contributed by atoms with Crippen molar-refractivity contribution in [2.45, 2.75) is 32.7 Å². The van der Waals surface area contributed by atoms with Crippen molar-refractivity contribution < 1.29 is 19.1 Å². The highest BCUT2D eigenvalue weighted by Crippen LogP contribution is 2.28. The number of amides is 2. The average Bonchev–Trinajstić information content (AvgIpc) is 2.70. The Kier molecular flexibility index (Phi) is 7.89. The van der Waals surface area contributed by atoms with E-state index in [1.807, 2.05) is 0 Å². The van der Waals surface area contributed by atoms with Gasteiger partial charge in [0.05, 0.1) is 17.2 Å². The van der Waals surface area contributed by atoms with Gasteiger partial charge in [0.1, 0.15) is 6.04 Å². The van der Waals surface area contributed by atoms with Gasteiger partial charge in [0, 0.05) is 24.6 Å². The molecule has 1 fully saturated rings. The van der Waals surface area contributed by atoms with Crippen molar-refractivity contribution in [3.05, 3.63) is 39.4 Å². The Labute approximate surface area is 174 Å². The predicted octanol–water partition coefficient (Wildman–Crippen LogP) is 3.31. The van der Waals surface area contributed by atoms with Crippen molar-refractivity contribution in [2.75, 3.05) is 20.2 Å². The topological polar surface area (TPSA) is 75.7 Å². The number of benzene rings is 1. The number of ether oxygens (including phenoxy) is 1. The monoisotopic (exact) mass is 426 g/mol. The quantitative estimate of drug-likeness (QED) is 0.578. The van der Waals surface area contributed by atoms with Crippen LogP contribution in [-0.2, 0) is 19.1 Å². The van der Waals surface area contributed by atoms with Crippen LogP contribution in [0.15, 0.2) is 23.8 Å². The molecule has 1 aromatic carbocycles. The Morgan fingerprint density at radius 3 is 2.50 bits per heavy atom. The highest BCUT2D eigenvalue weighted by molar-refractivity contribution is 6.42. The molecular weight excluding hydrogens is 403 g/mol. The van der Waals surface area contributed by atoms with Gasteiger partial charge in [-0.2, -0.15) is 0 Å². The number of methoxy groups -OCH3 is 1. The zero-order valence-corrected chi connectivity index (χ0v) is 17.6. The van der Waals surface area contributed by atoms with Crippen LogP contribution in [0, 0.1) is 5.92 Å². The number of hydrogen-bond acceptors (Lipinski definition) is 4. The molecule has 8 heteroatoms. The Morgan fingerprint density at radius 2 is 1.89 bits per heavy atom. The van der Waals surface area contributed by atoms with E-state index in [1.165, 1.54) is 7.11 Å². The molecule has 2 rings (SSSR count). The lowest BCUT2D eigenvalue weighted by atomic mass is 9.95. The summed E-state index contributed by atoms with van der Waals surface area (Å²) in [7, 11) is 1.28. The number of likely N-dealkylation sites (tertiary alicyclic amines) is 1. The van der Waals surface area contributed by atoms with E-state index in [2.05, 4.69) is 10.1 Å². The fraction of sp³-hybridized carbons (Fsp3) is 0.450. The van der Waals surface area contributed by atoms with Crippen molar-refractivity contribution in [3.63, 3.8) is 0 Å². The van der Waals surface area contributed by atoms with Crippen LogP contribution in [0.5, 0.6) is 0 Å². The smallest absolute Gasteiger partial charge is 0.328 e. The van der Waals surface area contributed by atoms with Crippen molar-refractivity contribution in [3.8, 4) is 0 Å². The zero-order chi connectivity index (χ0) is 20.8. The largest absolute Gasteiger partial charge is 0.467 e. The van der Waals surface area contributed by atoms with Gasteiger partial charge in [0.2, 0.25) is 11.8 Å².